The van der Waals surface area contributed by atoms with Crippen LogP contribution in [0.5, 0.6) is 0 Å². The van der Waals surface area contributed by atoms with Gasteiger partial charge in [-0.05, 0) is 64.8 Å². The van der Waals surface area contributed by atoms with Crippen molar-refractivity contribution in [3.8, 4) is 11.3 Å². The minimum atomic E-state index is 0.159. The molecule has 4 rings (SSSR count). The van der Waals surface area contributed by atoms with Crippen molar-refractivity contribution in [2.24, 2.45) is 0 Å². The molecule has 0 bridgehead atoms. The Morgan fingerprint density at radius 3 is 2.27 bits per heavy atom. The lowest BCUT2D eigenvalue weighted by Crippen LogP contribution is -2.45. The first-order chi connectivity index (χ1) is 12.6. The first-order valence-electron chi connectivity index (χ1n) is 9.79. The number of aryl methyl sites for hydroxylation is 2. The van der Waals surface area contributed by atoms with Gasteiger partial charge in [0, 0.05) is 36.0 Å². The van der Waals surface area contributed by atoms with Gasteiger partial charge in [0.2, 0.25) is 0 Å². The molecule has 2 fully saturated rings. The van der Waals surface area contributed by atoms with E-state index in [0.717, 1.165) is 54.3 Å². The molecule has 1 aromatic carbocycles. The van der Waals surface area contributed by atoms with Crippen molar-refractivity contribution in [1.82, 2.24) is 19.8 Å². The van der Waals surface area contributed by atoms with Gasteiger partial charge in [-0.25, -0.2) is 4.98 Å². The Balaban J connectivity index is 1.40. The Bertz CT molecular complexity index is 766. The predicted octanol–water partition coefficient (Wildman–Crippen LogP) is 3.39. The van der Waals surface area contributed by atoms with Crippen molar-refractivity contribution >= 4 is 5.91 Å². The first-order valence-corrected chi connectivity index (χ1v) is 9.79. The average molecular weight is 352 g/mol. The van der Waals surface area contributed by atoms with Crippen LogP contribution < -0.4 is 0 Å². The summed E-state index contributed by atoms with van der Waals surface area (Å²) < 4.78 is 0. The summed E-state index contributed by atoms with van der Waals surface area (Å²) in [6.07, 6.45) is 4.88. The maximum absolute atomic E-state index is 12.8. The highest BCUT2D eigenvalue weighted by molar-refractivity contribution is 5.94. The Morgan fingerprint density at radius 2 is 1.69 bits per heavy atom. The third kappa shape index (κ3) is 3.40. The van der Waals surface area contributed by atoms with Crippen molar-refractivity contribution in [2.75, 3.05) is 26.2 Å². The minimum absolute atomic E-state index is 0.159. The van der Waals surface area contributed by atoms with E-state index in [1.165, 1.54) is 25.9 Å². The molecule has 1 amide bonds. The lowest BCUT2D eigenvalue weighted by molar-refractivity contribution is 0.0644. The van der Waals surface area contributed by atoms with Gasteiger partial charge in [-0.3, -0.25) is 4.79 Å². The van der Waals surface area contributed by atoms with Crippen molar-refractivity contribution in [2.45, 2.75) is 45.6 Å². The van der Waals surface area contributed by atoms with Crippen LogP contribution in [-0.4, -0.2) is 57.9 Å². The molecular formula is C21H28N4O. The molecule has 1 N–H and O–H groups in total. The number of hydrogen-bond acceptors (Lipinski definition) is 3. The van der Waals surface area contributed by atoms with E-state index in [9.17, 15) is 4.79 Å². The number of carbonyl (C=O) groups is 1. The second kappa shape index (κ2) is 7.23. The van der Waals surface area contributed by atoms with Gasteiger partial charge in [-0.15, -0.1) is 0 Å². The Hall–Kier alpha value is -2.14. The van der Waals surface area contributed by atoms with E-state index < -0.39 is 0 Å². The van der Waals surface area contributed by atoms with E-state index >= 15 is 0 Å². The van der Waals surface area contributed by atoms with Crippen molar-refractivity contribution in [1.29, 1.82) is 0 Å². The topological polar surface area (TPSA) is 52.2 Å². The molecule has 3 heterocycles. The molecule has 0 atom stereocenters. The molecule has 5 nitrogen and oxygen atoms in total. The van der Waals surface area contributed by atoms with E-state index in [4.69, 9.17) is 0 Å². The molecule has 0 radical (unpaired) electrons. The van der Waals surface area contributed by atoms with E-state index in [1.807, 2.05) is 43.0 Å². The number of amides is 1. The Morgan fingerprint density at radius 1 is 1.04 bits per heavy atom. The highest BCUT2D eigenvalue weighted by atomic mass is 16.2. The van der Waals surface area contributed by atoms with Crippen LogP contribution in [0.1, 0.15) is 47.6 Å². The SMILES string of the molecule is Cc1nc(-c2ccc(C(=O)N3CCC(N4CCCC4)CC3)cc2)c(C)[nH]1. The summed E-state index contributed by atoms with van der Waals surface area (Å²) in [5.41, 5.74) is 3.85. The molecule has 26 heavy (non-hydrogen) atoms. The average Bonchev–Trinajstić information content (AvgIpc) is 3.31. The quantitative estimate of drug-likeness (QED) is 0.921. The van der Waals surface area contributed by atoms with Gasteiger partial charge >= 0.3 is 0 Å². The van der Waals surface area contributed by atoms with E-state index in [-0.39, 0.29) is 5.91 Å². The van der Waals surface area contributed by atoms with Crippen molar-refractivity contribution in [3.05, 3.63) is 41.3 Å². The van der Waals surface area contributed by atoms with Crippen LogP contribution in [0.15, 0.2) is 24.3 Å². The molecule has 0 spiro atoms. The van der Waals surface area contributed by atoms with Crippen LogP contribution in [0.3, 0.4) is 0 Å². The van der Waals surface area contributed by atoms with Gasteiger partial charge in [0.05, 0.1) is 5.69 Å². The number of aromatic nitrogens is 2. The zero-order valence-electron chi connectivity index (χ0n) is 15.8. The number of imidazole rings is 1. The summed E-state index contributed by atoms with van der Waals surface area (Å²) in [5, 5.41) is 0. The van der Waals surface area contributed by atoms with E-state index in [0.29, 0.717) is 6.04 Å². The maximum atomic E-state index is 12.8. The molecule has 2 aliphatic rings. The third-order valence-corrected chi connectivity index (χ3v) is 5.82. The number of piperidine rings is 1. The van der Waals surface area contributed by atoms with E-state index in [2.05, 4.69) is 14.9 Å². The molecule has 5 heteroatoms. The summed E-state index contributed by atoms with van der Waals surface area (Å²) in [6, 6.07) is 8.57. The standard InChI is InChI=1S/C21H28N4O/c1-15-20(23-16(2)22-15)17-5-7-18(8-6-17)21(26)25-13-9-19(10-14-25)24-11-3-4-12-24/h5-8,19H,3-4,9-14H2,1-2H3,(H,22,23). The van der Waals surface area contributed by atoms with Crippen LogP contribution in [-0.2, 0) is 0 Å². The molecule has 138 valence electrons. The lowest BCUT2D eigenvalue weighted by atomic mass is 10.0. The molecule has 0 unspecified atom stereocenters. The van der Waals surface area contributed by atoms with Crippen LogP contribution >= 0.6 is 0 Å². The summed E-state index contributed by atoms with van der Waals surface area (Å²) in [5.74, 6) is 1.07. The normalized spacial score (nSPS) is 19.2. The fraction of sp³-hybridized carbons (Fsp3) is 0.524. The number of hydrogen-bond donors (Lipinski definition) is 1. The summed E-state index contributed by atoms with van der Waals surface area (Å²) in [7, 11) is 0. The largest absolute Gasteiger partial charge is 0.346 e. The summed E-state index contributed by atoms with van der Waals surface area (Å²) >= 11 is 0. The zero-order chi connectivity index (χ0) is 18.1. The molecular weight excluding hydrogens is 324 g/mol. The number of benzene rings is 1. The molecule has 2 aromatic rings. The summed E-state index contributed by atoms with van der Waals surface area (Å²) in [6.45, 7) is 8.22. The van der Waals surface area contributed by atoms with Gasteiger partial charge in [0.25, 0.3) is 5.91 Å². The number of carbonyl (C=O) groups excluding carboxylic acids is 1. The lowest BCUT2D eigenvalue weighted by Gasteiger charge is -2.36. The molecule has 2 aliphatic heterocycles. The maximum Gasteiger partial charge on any atom is 0.253 e. The van der Waals surface area contributed by atoms with E-state index in [1.54, 1.807) is 0 Å². The van der Waals surface area contributed by atoms with Crippen LogP contribution in [0.25, 0.3) is 11.3 Å². The van der Waals surface area contributed by atoms with Gasteiger partial charge in [0.1, 0.15) is 5.82 Å². The fourth-order valence-corrected chi connectivity index (χ4v) is 4.39. The Labute approximate surface area is 155 Å². The highest BCUT2D eigenvalue weighted by Gasteiger charge is 2.28. The van der Waals surface area contributed by atoms with Gasteiger partial charge in [0.15, 0.2) is 0 Å². The van der Waals surface area contributed by atoms with Crippen molar-refractivity contribution < 1.29 is 4.79 Å². The number of likely N-dealkylation sites (tertiary alicyclic amines) is 2. The molecule has 0 aliphatic carbocycles. The Kier molecular flexibility index (Phi) is 4.81. The van der Waals surface area contributed by atoms with Crippen LogP contribution in [0.2, 0.25) is 0 Å². The number of nitrogens with one attached hydrogen (secondary N) is 1. The second-order valence-electron chi connectivity index (χ2n) is 7.64. The zero-order valence-corrected chi connectivity index (χ0v) is 15.8. The smallest absolute Gasteiger partial charge is 0.253 e. The molecule has 1 aromatic heterocycles. The number of H-pyrrole nitrogens is 1. The monoisotopic (exact) mass is 352 g/mol. The van der Waals surface area contributed by atoms with Gasteiger partial charge in [-0.1, -0.05) is 12.1 Å². The fourth-order valence-electron chi connectivity index (χ4n) is 4.39. The third-order valence-electron chi connectivity index (χ3n) is 5.82. The van der Waals surface area contributed by atoms with Crippen LogP contribution in [0, 0.1) is 13.8 Å². The minimum Gasteiger partial charge on any atom is -0.346 e. The number of aromatic amines is 1. The highest BCUT2D eigenvalue weighted by Crippen LogP contribution is 2.24. The second-order valence-corrected chi connectivity index (χ2v) is 7.64. The van der Waals surface area contributed by atoms with Crippen LogP contribution in [0.4, 0.5) is 0 Å². The van der Waals surface area contributed by atoms with Gasteiger partial charge < -0.3 is 14.8 Å². The summed E-state index contributed by atoms with van der Waals surface area (Å²) in [4.78, 5) is 25.2. The number of rotatable bonds is 3. The molecule has 0 saturated carbocycles. The first kappa shape index (κ1) is 17.3. The van der Waals surface area contributed by atoms with Gasteiger partial charge in [-0.2, -0.15) is 0 Å². The molecule has 2 saturated heterocycles. The predicted molar refractivity (Wildman–Crippen MR) is 103 cm³/mol. The number of nitrogens with zero attached hydrogens (tertiary/aromatic N) is 3. The van der Waals surface area contributed by atoms with Crippen molar-refractivity contribution in [3.63, 3.8) is 0 Å².